The number of halogens is 2. The van der Waals surface area contributed by atoms with Gasteiger partial charge in [0.05, 0.1) is 6.16 Å². The van der Waals surface area contributed by atoms with E-state index >= 15 is 0 Å². The van der Waals surface area contributed by atoms with Crippen molar-refractivity contribution in [3.63, 3.8) is 0 Å². The Labute approximate surface area is 47.2 Å². The van der Waals surface area contributed by atoms with Crippen molar-refractivity contribution in [3.05, 3.63) is 0 Å². The van der Waals surface area contributed by atoms with Crippen molar-refractivity contribution in [2.45, 2.75) is 0 Å². The minimum atomic E-state index is -3.33. The van der Waals surface area contributed by atoms with Crippen molar-refractivity contribution >= 4 is 13.6 Å². The fourth-order valence-electron chi connectivity index (χ4n) is 0.175. The molecule has 0 aromatic carbocycles. The Balaban J connectivity index is 3.78. The third kappa shape index (κ3) is 2.79. The Morgan fingerprint density at radius 1 is 1.88 bits per heavy atom. The summed E-state index contributed by atoms with van der Waals surface area (Å²) in [6, 6.07) is 0. The van der Waals surface area contributed by atoms with Crippen molar-refractivity contribution in [1.82, 2.24) is 5.31 Å². The van der Waals surface area contributed by atoms with Crippen LogP contribution in [0, 0.1) is 12.3 Å². The van der Waals surface area contributed by atoms with E-state index in [9.17, 15) is 8.68 Å². The van der Waals surface area contributed by atoms with E-state index in [0.29, 0.717) is 0 Å². The molecule has 0 aromatic rings. The van der Waals surface area contributed by atoms with Crippen molar-refractivity contribution in [1.29, 1.82) is 0 Å². The first-order valence-electron chi connectivity index (χ1n) is 1.86. The lowest BCUT2D eigenvalue weighted by atomic mass is 10.8. The summed E-state index contributed by atoms with van der Waals surface area (Å²) in [6.07, 6.45) is 7.31. The molecule has 1 unspecified atom stereocenters. The summed E-state index contributed by atoms with van der Waals surface area (Å²) < 4.78 is 23.4. The van der Waals surface area contributed by atoms with Crippen molar-refractivity contribution in [2.75, 3.05) is 6.16 Å². The average molecular weight is 137 g/mol. The van der Waals surface area contributed by atoms with Gasteiger partial charge in [-0.25, -0.2) is 4.20 Å². The van der Waals surface area contributed by atoms with E-state index in [0.717, 1.165) is 5.31 Å². The molecule has 46 valence electrons. The molecule has 1 nitrogen and oxygen atoms in total. The van der Waals surface area contributed by atoms with Gasteiger partial charge in [0.1, 0.15) is 7.35 Å². The smallest absolute Gasteiger partial charge is 0.147 e. The van der Waals surface area contributed by atoms with E-state index < -0.39 is 7.35 Å². The van der Waals surface area contributed by atoms with Crippen LogP contribution in [0.4, 0.5) is 8.68 Å². The van der Waals surface area contributed by atoms with E-state index in [2.05, 4.69) is 12.7 Å². The van der Waals surface area contributed by atoms with E-state index in [4.69, 9.17) is 0 Å². The zero-order valence-corrected chi connectivity index (χ0v) is 5.09. The molecule has 1 N–H and O–H groups in total. The predicted octanol–water partition coefficient (Wildman–Crippen LogP) is 1.34. The Hall–Kier alpha value is -0.320. The van der Waals surface area contributed by atoms with Gasteiger partial charge in [0.2, 0.25) is 0 Å². The topological polar surface area (TPSA) is 12.0 Å². The monoisotopic (exact) mass is 137 g/mol. The lowest BCUT2D eigenvalue weighted by Crippen LogP contribution is -1.94. The summed E-state index contributed by atoms with van der Waals surface area (Å²) in [7, 11) is -3.33. The highest BCUT2D eigenvalue weighted by molar-refractivity contribution is 7.66. The SMILES string of the molecule is C#CCP(=C)(F)NF. The highest BCUT2D eigenvalue weighted by Gasteiger charge is 2.07. The molecule has 0 aliphatic carbocycles. The Morgan fingerprint density at radius 2 is 2.38 bits per heavy atom. The second kappa shape index (κ2) is 2.86. The van der Waals surface area contributed by atoms with Gasteiger partial charge >= 0.3 is 0 Å². The van der Waals surface area contributed by atoms with Gasteiger partial charge in [-0.05, 0) is 0 Å². The summed E-state index contributed by atoms with van der Waals surface area (Å²) in [4.78, 5) is 0. The Kier molecular flexibility index (Phi) is 2.75. The molecule has 0 bridgehead atoms. The normalized spacial score (nSPS) is 16.6. The van der Waals surface area contributed by atoms with Crippen LogP contribution in [0.2, 0.25) is 0 Å². The molecule has 4 heteroatoms. The molecular formula is C4H6F2NP. The molecule has 0 amide bonds. The second-order valence-electron chi connectivity index (χ2n) is 1.31. The van der Waals surface area contributed by atoms with E-state index in [1.54, 1.807) is 0 Å². The zero-order chi connectivity index (χ0) is 6.62. The lowest BCUT2D eigenvalue weighted by Gasteiger charge is -2.03. The molecule has 0 aromatic heterocycles. The zero-order valence-electron chi connectivity index (χ0n) is 4.19. The number of hydrogen-bond donors (Lipinski definition) is 1. The van der Waals surface area contributed by atoms with Crippen LogP contribution in [-0.2, 0) is 0 Å². The third-order valence-electron chi connectivity index (χ3n) is 0.493. The molecule has 0 spiro atoms. The van der Waals surface area contributed by atoms with Crippen LogP contribution < -0.4 is 5.31 Å². The number of terminal acetylenes is 1. The van der Waals surface area contributed by atoms with Crippen LogP contribution in [0.5, 0.6) is 0 Å². The van der Waals surface area contributed by atoms with E-state index in [-0.39, 0.29) is 6.16 Å². The van der Waals surface area contributed by atoms with Crippen LogP contribution in [0.1, 0.15) is 0 Å². The first-order chi connectivity index (χ1) is 3.62. The fraction of sp³-hybridized carbons (Fsp3) is 0.250. The molecule has 0 heterocycles. The molecule has 0 rings (SSSR count). The van der Waals surface area contributed by atoms with Gasteiger partial charge < -0.3 is 0 Å². The van der Waals surface area contributed by atoms with Crippen LogP contribution in [0.25, 0.3) is 0 Å². The molecule has 0 aliphatic heterocycles. The van der Waals surface area contributed by atoms with Crippen LogP contribution in [-0.4, -0.2) is 12.5 Å². The van der Waals surface area contributed by atoms with Crippen LogP contribution in [0.3, 0.4) is 0 Å². The van der Waals surface area contributed by atoms with Crippen molar-refractivity contribution in [2.24, 2.45) is 0 Å². The number of nitrogens with one attached hydrogen (secondary N) is 1. The minimum Gasteiger partial charge on any atom is -0.210 e. The van der Waals surface area contributed by atoms with Crippen molar-refractivity contribution < 1.29 is 8.68 Å². The van der Waals surface area contributed by atoms with Gasteiger partial charge in [-0.2, -0.15) is 0 Å². The first kappa shape index (κ1) is 7.68. The minimum absolute atomic E-state index is 0.260. The van der Waals surface area contributed by atoms with Gasteiger partial charge in [0.15, 0.2) is 0 Å². The quantitative estimate of drug-likeness (QED) is 0.344. The fourth-order valence-corrected chi connectivity index (χ4v) is 0.524. The summed E-state index contributed by atoms with van der Waals surface area (Å²) in [5.41, 5.74) is 0. The summed E-state index contributed by atoms with van der Waals surface area (Å²) in [5.74, 6) is 1.97. The second-order valence-corrected chi connectivity index (χ2v) is 3.52. The lowest BCUT2D eigenvalue weighted by molar-refractivity contribution is 0.442. The highest BCUT2D eigenvalue weighted by atomic mass is 31.2. The number of hydrogen-bond acceptors (Lipinski definition) is 1. The summed E-state index contributed by atoms with van der Waals surface area (Å²) in [5, 5.41) is 0.933. The van der Waals surface area contributed by atoms with Gasteiger partial charge in [-0.1, -0.05) is 12.2 Å². The van der Waals surface area contributed by atoms with Gasteiger partial charge in [0, 0.05) is 0 Å². The Morgan fingerprint density at radius 3 is 2.50 bits per heavy atom. The summed E-state index contributed by atoms with van der Waals surface area (Å²) >= 11 is 0. The van der Waals surface area contributed by atoms with Gasteiger partial charge in [-0.15, -0.1) is 16.2 Å². The molecule has 8 heavy (non-hydrogen) atoms. The Bertz CT molecular complexity index is 149. The molecule has 0 saturated carbocycles. The van der Waals surface area contributed by atoms with Crippen LogP contribution >= 0.6 is 7.35 Å². The first-order valence-corrected chi connectivity index (χ1v) is 3.91. The maximum atomic E-state index is 12.2. The molecule has 0 saturated heterocycles. The van der Waals surface area contributed by atoms with Gasteiger partial charge in [0.25, 0.3) is 0 Å². The molecule has 0 radical (unpaired) electrons. The largest absolute Gasteiger partial charge is 0.210 e. The summed E-state index contributed by atoms with van der Waals surface area (Å²) in [6.45, 7) is 0. The predicted molar refractivity (Wildman–Crippen MR) is 33.1 cm³/mol. The third-order valence-corrected chi connectivity index (χ3v) is 1.48. The molecule has 1 atom stereocenters. The standard InChI is InChI=1S/C4H6F2NP/c1-3-4-8(2,6)7-5/h1,7H,2,4H2. The van der Waals surface area contributed by atoms with E-state index in [1.165, 1.54) is 0 Å². The van der Waals surface area contributed by atoms with Crippen LogP contribution in [0.15, 0.2) is 0 Å². The average Bonchev–Trinajstić information content (AvgIpc) is 1.67. The highest BCUT2D eigenvalue weighted by Crippen LogP contribution is 2.40. The maximum absolute atomic E-state index is 12.2. The van der Waals surface area contributed by atoms with E-state index in [1.807, 2.05) is 5.92 Å². The molecular weight excluding hydrogens is 131 g/mol. The molecule has 0 fully saturated rings. The van der Waals surface area contributed by atoms with Gasteiger partial charge in [-0.3, -0.25) is 0 Å². The maximum Gasteiger partial charge on any atom is 0.147 e. The number of rotatable bonds is 2. The molecule has 0 aliphatic rings. The van der Waals surface area contributed by atoms with Crippen molar-refractivity contribution in [3.8, 4) is 12.3 Å².